The Morgan fingerprint density at radius 1 is 1.33 bits per heavy atom. The van der Waals surface area contributed by atoms with E-state index in [1.807, 2.05) is 12.1 Å². The number of carbonyl (C=O) groups is 2. The molecular formula is C18H24N4O2. The zero-order valence-electron chi connectivity index (χ0n) is 13.8. The number of benzene rings is 1. The number of nitrogens with zero attached hydrogens (tertiary/aromatic N) is 1. The fourth-order valence-corrected chi connectivity index (χ4v) is 4.61. The molecule has 6 nitrogen and oxygen atoms in total. The summed E-state index contributed by atoms with van der Waals surface area (Å²) < 4.78 is 0. The number of hydrogen-bond donors (Lipinski definition) is 3. The SMILES string of the molecule is NC(=O)[C@]12CCC[C@H]1CN(C(=O)Nc1ccc3c(c1)CNCC3)C2. The van der Waals surface area contributed by atoms with Crippen LogP contribution in [-0.2, 0) is 17.8 Å². The Morgan fingerprint density at radius 2 is 2.21 bits per heavy atom. The molecule has 2 atom stereocenters. The van der Waals surface area contributed by atoms with Crippen LogP contribution in [0.5, 0.6) is 0 Å². The Labute approximate surface area is 141 Å². The third-order valence-corrected chi connectivity index (χ3v) is 5.99. The zero-order valence-corrected chi connectivity index (χ0v) is 13.8. The van der Waals surface area contributed by atoms with Gasteiger partial charge in [-0.2, -0.15) is 0 Å². The van der Waals surface area contributed by atoms with E-state index in [0.717, 1.165) is 44.5 Å². The minimum Gasteiger partial charge on any atom is -0.369 e. The van der Waals surface area contributed by atoms with Crippen LogP contribution in [0.4, 0.5) is 10.5 Å². The minimum atomic E-state index is -0.503. The van der Waals surface area contributed by atoms with Crippen LogP contribution in [0, 0.1) is 11.3 Å². The maximum absolute atomic E-state index is 12.6. The van der Waals surface area contributed by atoms with E-state index in [0.29, 0.717) is 13.1 Å². The quantitative estimate of drug-likeness (QED) is 0.768. The number of carbonyl (C=O) groups excluding carboxylic acids is 2. The molecule has 2 fully saturated rings. The maximum atomic E-state index is 12.6. The lowest BCUT2D eigenvalue weighted by Crippen LogP contribution is -2.42. The third kappa shape index (κ3) is 2.45. The number of hydrogen-bond acceptors (Lipinski definition) is 3. The molecule has 1 saturated heterocycles. The van der Waals surface area contributed by atoms with E-state index in [4.69, 9.17) is 5.73 Å². The van der Waals surface area contributed by atoms with Crippen LogP contribution in [0.1, 0.15) is 30.4 Å². The standard InChI is InChI=1S/C18H24N4O2/c19-16(23)18-6-1-2-14(18)10-22(11-18)17(24)21-15-4-3-12-5-7-20-9-13(12)8-15/h3-4,8,14,20H,1-2,5-7,9-11H2,(H2,19,23)(H,21,24)/t14-,18-/m0/s1. The van der Waals surface area contributed by atoms with Crippen LogP contribution in [0.25, 0.3) is 0 Å². The summed E-state index contributed by atoms with van der Waals surface area (Å²) in [5, 5.41) is 6.33. The summed E-state index contributed by atoms with van der Waals surface area (Å²) >= 11 is 0. The molecular weight excluding hydrogens is 304 g/mol. The van der Waals surface area contributed by atoms with Crippen LogP contribution >= 0.6 is 0 Å². The van der Waals surface area contributed by atoms with Crippen LogP contribution < -0.4 is 16.4 Å². The second-order valence-corrected chi connectivity index (χ2v) is 7.33. The molecule has 3 amide bonds. The lowest BCUT2D eigenvalue weighted by molar-refractivity contribution is -0.128. The van der Waals surface area contributed by atoms with E-state index < -0.39 is 5.41 Å². The van der Waals surface area contributed by atoms with Gasteiger partial charge in [0.05, 0.1) is 5.41 Å². The van der Waals surface area contributed by atoms with Gasteiger partial charge < -0.3 is 21.3 Å². The van der Waals surface area contributed by atoms with E-state index in [9.17, 15) is 9.59 Å². The fraction of sp³-hybridized carbons (Fsp3) is 0.556. The number of rotatable bonds is 2. The first-order chi connectivity index (χ1) is 11.6. The molecule has 4 N–H and O–H groups in total. The third-order valence-electron chi connectivity index (χ3n) is 5.99. The maximum Gasteiger partial charge on any atom is 0.321 e. The molecule has 24 heavy (non-hydrogen) atoms. The second kappa shape index (κ2) is 5.77. The van der Waals surface area contributed by atoms with E-state index in [1.54, 1.807) is 4.90 Å². The molecule has 1 aromatic carbocycles. The average molecular weight is 328 g/mol. The normalized spacial score (nSPS) is 28.3. The van der Waals surface area contributed by atoms with Gasteiger partial charge in [0.15, 0.2) is 0 Å². The Balaban J connectivity index is 1.47. The summed E-state index contributed by atoms with van der Waals surface area (Å²) in [4.78, 5) is 26.3. The number of amides is 3. The molecule has 0 spiro atoms. The minimum absolute atomic E-state index is 0.131. The van der Waals surface area contributed by atoms with E-state index in [-0.39, 0.29) is 17.9 Å². The summed E-state index contributed by atoms with van der Waals surface area (Å²) in [5.41, 5.74) is 8.55. The Hall–Kier alpha value is -2.08. The summed E-state index contributed by atoms with van der Waals surface area (Å²) in [7, 11) is 0. The first-order valence-corrected chi connectivity index (χ1v) is 8.77. The van der Waals surface area contributed by atoms with Crippen molar-refractivity contribution in [1.29, 1.82) is 0 Å². The van der Waals surface area contributed by atoms with Crippen molar-refractivity contribution in [2.45, 2.75) is 32.2 Å². The zero-order chi connectivity index (χ0) is 16.7. The highest BCUT2D eigenvalue weighted by molar-refractivity contribution is 5.91. The number of urea groups is 1. The monoisotopic (exact) mass is 328 g/mol. The van der Waals surface area contributed by atoms with Gasteiger partial charge in [-0.15, -0.1) is 0 Å². The molecule has 1 aromatic rings. The van der Waals surface area contributed by atoms with Crippen molar-refractivity contribution >= 4 is 17.6 Å². The predicted molar refractivity (Wildman–Crippen MR) is 91.4 cm³/mol. The Bertz CT molecular complexity index is 690. The molecule has 128 valence electrons. The molecule has 6 heteroatoms. The van der Waals surface area contributed by atoms with Gasteiger partial charge in [0.2, 0.25) is 5.91 Å². The highest BCUT2D eigenvalue weighted by atomic mass is 16.2. The van der Waals surface area contributed by atoms with Crippen molar-refractivity contribution in [3.05, 3.63) is 29.3 Å². The lowest BCUT2D eigenvalue weighted by Gasteiger charge is -2.24. The molecule has 0 bridgehead atoms. The molecule has 0 unspecified atom stereocenters. The summed E-state index contributed by atoms with van der Waals surface area (Å²) in [5.74, 6) is -0.0337. The van der Waals surface area contributed by atoms with Crippen LogP contribution in [-0.4, -0.2) is 36.5 Å². The van der Waals surface area contributed by atoms with Gasteiger partial charge in [-0.05, 0) is 55.0 Å². The summed E-state index contributed by atoms with van der Waals surface area (Å²) in [6, 6.07) is 5.96. The number of nitrogens with one attached hydrogen (secondary N) is 2. The van der Waals surface area contributed by atoms with E-state index in [1.165, 1.54) is 11.1 Å². The molecule has 2 aliphatic heterocycles. The van der Waals surface area contributed by atoms with Crippen LogP contribution in [0.3, 0.4) is 0 Å². The smallest absolute Gasteiger partial charge is 0.321 e. The number of fused-ring (bicyclic) bond motifs is 2. The number of primary amides is 1. The van der Waals surface area contributed by atoms with Gasteiger partial charge in [-0.25, -0.2) is 4.79 Å². The van der Waals surface area contributed by atoms with Gasteiger partial charge >= 0.3 is 6.03 Å². The number of nitrogens with two attached hydrogens (primary N) is 1. The molecule has 1 saturated carbocycles. The molecule has 0 aromatic heterocycles. The molecule has 2 heterocycles. The molecule has 1 aliphatic carbocycles. The van der Waals surface area contributed by atoms with E-state index >= 15 is 0 Å². The van der Waals surface area contributed by atoms with Crippen molar-refractivity contribution in [3.63, 3.8) is 0 Å². The largest absolute Gasteiger partial charge is 0.369 e. The number of likely N-dealkylation sites (tertiary alicyclic amines) is 1. The van der Waals surface area contributed by atoms with Gasteiger partial charge in [0, 0.05) is 25.3 Å². The highest BCUT2D eigenvalue weighted by Crippen LogP contribution is 2.48. The van der Waals surface area contributed by atoms with Crippen molar-refractivity contribution in [1.82, 2.24) is 10.2 Å². The van der Waals surface area contributed by atoms with Gasteiger partial charge in [0.1, 0.15) is 0 Å². The van der Waals surface area contributed by atoms with Gasteiger partial charge in [-0.1, -0.05) is 12.5 Å². The molecule has 0 radical (unpaired) electrons. The first kappa shape index (κ1) is 15.4. The van der Waals surface area contributed by atoms with Gasteiger partial charge in [-0.3, -0.25) is 4.79 Å². The van der Waals surface area contributed by atoms with Crippen LogP contribution in [0.15, 0.2) is 18.2 Å². The van der Waals surface area contributed by atoms with Crippen LogP contribution in [0.2, 0.25) is 0 Å². The van der Waals surface area contributed by atoms with Crippen molar-refractivity contribution in [2.24, 2.45) is 17.1 Å². The first-order valence-electron chi connectivity index (χ1n) is 8.77. The highest BCUT2D eigenvalue weighted by Gasteiger charge is 2.54. The van der Waals surface area contributed by atoms with Crippen molar-refractivity contribution in [3.8, 4) is 0 Å². The van der Waals surface area contributed by atoms with Crippen molar-refractivity contribution < 1.29 is 9.59 Å². The topological polar surface area (TPSA) is 87.5 Å². The van der Waals surface area contributed by atoms with E-state index in [2.05, 4.69) is 16.7 Å². The van der Waals surface area contributed by atoms with Crippen molar-refractivity contribution in [2.75, 3.05) is 25.0 Å². The Morgan fingerprint density at radius 3 is 3.00 bits per heavy atom. The van der Waals surface area contributed by atoms with Gasteiger partial charge in [0.25, 0.3) is 0 Å². The Kier molecular flexibility index (Phi) is 3.72. The molecule has 4 rings (SSSR count). The lowest BCUT2D eigenvalue weighted by atomic mass is 9.80. The second-order valence-electron chi connectivity index (χ2n) is 7.33. The summed E-state index contributed by atoms with van der Waals surface area (Å²) in [6.07, 6.45) is 3.85. The average Bonchev–Trinajstić information content (AvgIpc) is 3.13. The summed E-state index contributed by atoms with van der Waals surface area (Å²) in [6.45, 7) is 2.92. The molecule has 3 aliphatic rings. The fourth-order valence-electron chi connectivity index (χ4n) is 4.61. The predicted octanol–water partition coefficient (Wildman–Crippen LogP) is 1.45. The number of anilines is 1.